The fourth-order valence-electron chi connectivity index (χ4n) is 1.96. The molecule has 0 spiro atoms. The Morgan fingerprint density at radius 1 is 1.25 bits per heavy atom. The average molecular weight is 403 g/mol. The van der Waals surface area contributed by atoms with Gasteiger partial charge < -0.3 is 0 Å². The number of nitro groups is 1. The van der Waals surface area contributed by atoms with Gasteiger partial charge in [0.05, 0.1) is 16.8 Å². The zero-order valence-corrected chi connectivity index (χ0v) is 14.6. The van der Waals surface area contributed by atoms with Gasteiger partial charge in [-0.3, -0.25) is 15.5 Å². The second-order valence-corrected chi connectivity index (χ2v) is 6.54. The summed E-state index contributed by atoms with van der Waals surface area (Å²) in [6, 6.07) is 14.1. The molecule has 6 nitrogen and oxygen atoms in total. The van der Waals surface area contributed by atoms with Crippen LogP contribution in [0, 0.1) is 10.1 Å². The number of nitrogens with one attached hydrogen (secondary N) is 1. The van der Waals surface area contributed by atoms with E-state index in [2.05, 4.69) is 31.4 Å². The van der Waals surface area contributed by atoms with E-state index in [-0.39, 0.29) is 5.69 Å². The van der Waals surface area contributed by atoms with E-state index in [1.54, 1.807) is 12.1 Å². The standard InChI is InChI=1S/C16H11BrN4O2S/c17-13-6-4-12(5-7-13)15-10-24-16(19-15)20-18-9-11-2-1-3-14(8-11)21(22)23/h1-10H,(H,19,20)/b18-9-. The number of nitro benzene ring substituents is 1. The summed E-state index contributed by atoms with van der Waals surface area (Å²) < 4.78 is 1.02. The zero-order chi connectivity index (χ0) is 16.9. The highest BCUT2D eigenvalue weighted by Gasteiger charge is 2.05. The zero-order valence-electron chi connectivity index (χ0n) is 12.2. The van der Waals surface area contributed by atoms with Crippen LogP contribution in [0.4, 0.5) is 10.8 Å². The van der Waals surface area contributed by atoms with Crippen molar-refractivity contribution in [3.63, 3.8) is 0 Å². The minimum atomic E-state index is -0.434. The molecule has 1 heterocycles. The molecule has 120 valence electrons. The quantitative estimate of drug-likeness (QED) is 0.372. The predicted octanol–water partition coefficient (Wildman–Crippen LogP) is 4.93. The molecule has 1 aromatic heterocycles. The molecule has 2 aromatic carbocycles. The summed E-state index contributed by atoms with van der Waals surface area (Å²) in [6.07, 6.45) is 1.52. The first-order valence-corrected chi connectivity index (χ1v) is 8.54. The number of non-ortho nitro benzene ring substituents is 1. The second kappa shape index (κ2) is 7.33. The monoisotopic (exact) mass is 402 g/mol. The van der Waals surface area contributed by atoms with Gasteiger partial charge in [0.15, 0.2) is 0 Å². The first-order chi connectivity index (χ1) is 11.6. The Balaban J connectivity index is 1.68. The Labute approximate surface area is 150 Å². The van der Waals surface area contributed by atoms with Crippen LogP contribution in [0.3, 0.4) is 0 Å². The Kier molecular flexibility index (Phi) is 4.97. The third-order valence-corrected chi connectivity index (χ3v) is 4.37. The van der Waals surface area contributed by atoms with Crippen molar-refractivity contribution in [2.24, 2.45) is 5.10 Å². The number of rotatable bonds is 5. The molecule has 0 aliphatic carbocycles. The van der Waals surface area contributed by atoms with Crippen molar-refractivity contribution >= 4 is 44.3 Å². The Hall–Kier alpha value is -2.58. The lowest BCUT2D eigenvalue weighted by atomic mass is 10.2. The van der Waals surface area contributed by atoms with Crippen molar-refractivity contribution in [2.45, 2.75) is 0 Å². The van der Waals surface area contributed by atoms with E-state index in [0.717, 1.165) is 15.7 Å². The molecule has 3 rings (SSSR count). The van der Waals surface area contributed by atoms with Gasteiger partial charge in [-0.1, -0.05) is 40.2 Å². The summed E-state index contributed by atoms with van der Waals surface area (Å²) in [5.74, 6) is 0. The van der Waals surface area contributed by atoms with Crippen molar-refractivity contribution < 1.29 is 4.92 Å². The number of thiazole rings is 1. The van der Waals surface area contributed by atoms with Crippen LogP contribution in [-0.4, -0.2) is 16.1 Å². The molecular formula is C16H11BrN4O2S. The van der Waals surface area contributed by atoms with Crippen molar-refractivity contribution in [3.05, 3.63) is 74.1 Å². The molecule has 0 amide bonds. The van der Waals surface area contributed by atoms with Crippen molar-refractivity contribution in [3.8, 4) is 11.3 Å². The molecule has 3 aromatic rings. The van der Waals surface area contributed by atoms with Crippen LogP contribution in [0.25, 0.3) is 11.3 Å². The number of hydrazone groups is 1. The van der Waals surface area contributed by atoms with Crippen LogP contribution < -0.4 is 5.43 Å². The molecule has 8 heteroatoms. The van der Waals surface area contributed by atoms with E-state index in [1.165, 1.54) is 29.7 Å². The maximum Gasteiger partial charge on any atom is 0.270 e. The summed E-state index contributed by atoms with van der Waals surface area (Å²) in [7, 11) is 0. The van der Waals surface area contributed by atoms with Crippen LogP contribution in [0.5, 0.6) is 0 Å². The van der Waals surface area contributed by atoms with Gasteiger partial charge in [0, 0.05) is 33.1 Å². The van der Waals surface area contributed by atoms with Crippen LogP contribution in [0.2, 0.25) is 0 Å². The molecular weight excluding hydrogens is 392 g/mol. The molecule has 0 atom stereocenters. The van der Waals surface area contributed by atoms with Crippen LogP contribution in [0.15, 0.2) is 63.5 Å². The Morgan fingerprint density at radius 3 is 2.79 bits per heavy atom. The third-order valence-electron chi connectivity index (χ3n) is 3.10. The van der Waals surface area contributed by atoms with Gasteiger partial charge in [-0.2, -0.15) is 5.10 Å². The Morgan fingerprint density at radius 2 is 2.04 bits per heavy atom. The summed E-state index contributed by atoms with van der Waals surface area (Å²) >= 11 is 4.84. The smallest absolute Gasteiger partial charge is 0.258 e. The van der Waals surface area contributed by atoms with E-state index < -0.39 is 4.92 Å². The predicted molar refractivity (Wildman–Crippen MR) is 99.6 cm³/mol. The van der Waals surface area contributed by atoms with Crippen molar-refractivity contribution in [2.75, 3.05) is 5.43 Å². The molecule has 24 heavy (non-hydrogen) atoms. The van der Waals surface area contributed by atoms with Crippen molar-refractivity contribution in [1.29, 1.82) is 0 Å². The lowest BCUT2D eigenvalue weighted by molar-refractivity contribution is -0.384. The van der Waals surface area contributed by atoms with Crippen molar-refractivity contribution in [1.82, 2.24) is 4.98 Å². The van der Waals surface area contributed by atoms with Crippen LogP contribution >= 0.6 is 27.3 Å². The molecule has 0 bridgehead atoms. The summed E-state index contributed by atoms with van der Waals surface area (Å²) in [5, 5.41) is 17.4. The fourth-order valence-corrected chi connectivity index (χ4v) is 2.89. The lowest BCUT2D eigenvalue weighted by Gasteiger charge is -1.97. The summed E-state index contributed by atoms with van der Waals surface area (Å²) in [4.78, 5) is 14.8. The molecule has 1 N–H and O–H groups in total. The van der Waals surface area contributed by atoms with Gasteiger partial charge in [0.1, 0.15) is 0 Å². The van der Waals surface area contributed by atoms with Crippen LogP contribution in [-0.2, 0) is 0 Å². The first-order valence-electron chi connectivity index (χ1n) is 6.87. The highest BCUT2D eigenvalue weighted by atomic mass is 79.9. The maximum atomic E-state index is 10.7. The van der Waals surface area contributed by atoms with Gasteiger partial charge in [0.25, 0.3) is 5.69 Å². The van der Waals surface area contributed by atoms with E-state index in [1.807, 2.05) is 29.6 Å². The first kappa shape index (κ1) is 16.3. The fraction of sp³-hybridized carbons (Fsp3) is 0. The molecule has 0 aliphatic rings. The Bertz CT molecular complexity index is 893. The van der Waals surface area contributed by atoms with Crippen LogP contribution in [0.1, 0.15) is 5.56 Å². The average Bonchev–Trinajstić information content (AvgIpc) is 3.05. The summed E-state index contributed by atoms with van der Waals surface area (Å²) in [5.41, 5.74) is 5.39. The third kappa shape index (κ3) is 4.03. The number of hydrogen-bond acceptors (Lipinski definition) is 6. The lowest BCUT2D eigenvalue weighted by Crippen LogP contribution is -1.92. The van der Waals surface area contributed by atoms with E-state index in [0.29, 0.717) is 10.7 Å². The van der Waals surface area contributed by atoms with Gasteiger partial charge in [-0.15, -0.1) is 11.3 Å². The van der Waals surface area contributed by atoms with Gasteiger partial charge >= 0.3 is 0 Å². The van der Waals surface area contributed by atoms with Gasteiger partial charge in [-0.05, 0) is 12.1 Å². The van der Waals surface area contributed by atoms with Gasteiger partial charge in [-0.25, -0.2) is 4.98 Å². The number of hydrogen-bond donors (Lipinski definition) is 1. The molecule has 0 radical (unpaired) electrons. The molecule has 0 aliphatic heterocycles. The normalized spacial score (nSPS) is 10.9. The van der Waals surface area contributed by atoms with E-state index in [4.69, 9.17) is 0 Å². The van der Waals surface area contributed by atoms with E-state index >= 15 is 0 Å². The SMILES string of the molecule is O=[N+]([O-])c1cccc(/C=N\Nc2nc(-c3ccc(Br)cc3)cs2)c1. The number of anilines is 1. The largest absolute Gasteiger partial charge is 0.270 e. The minimum Gasteiger partial charge on any atom is -0.258 e. The van der Waals surface area contributed by atoms with E-state index in [9.17, 15) is 10.1 Å². The highest BCUT2D eigenvalue weighted by molar-refractivity contribution is 9.10. The maximum absolute atomic E-state index is 10.7. The number of benzene rings is 2. The molecule has 0 saturated carbocycles. The summed E-state index contributed by atoms with van der Waals surface area (Å²) in [6.45, 7) is 0. The highest BCUT2D eigenvalue weighted by Crippen LogP contribution is 2.26. The number of halogens is 1. The molecule has 0 unspecified atom stereocenters. The molecule has 0 saturated heterocycles. The van der Waals surface area contributed by atoms with Gasteiger partial charge in [0.2, 0.25) is 5.13 Å². The number of nitrogens with zero attached hydrogens (tertiary/aromatic N) is 3. The molecule has 0 fully saturated rings. The second-order valence-electron chi connectivity index (χ2n) is 4.77. The minimum absolute atomic E-state index is 0.0331. The number of aromatic nitrogens is 1. The topological polar surface area (TPSA) is 80.4 Å².